The van der Waals surface area contributed by atoms with E-state index in [2.05, 4.69) is 57.9 Å². The number of nitrogens with zero attached hydrogens (tertiary/aromatic N) is 1. The van der Waals surface area contributed by atoms with E-state index in [0.29, 0.717) is 18.5 Å². The van der Waals surface area contributed by atoms with E-state index in [1.807, 2.05) is 4.90 Å². The number of alkyl halides is 3. The van der Waals surface area contributed by atoms with E-state index < -0.39 is 291 Å². The van der Waals surface area contributed by atoms with Crippen molar-refractivity contribution in [1.82, 2.24) is 52.8 Å². The van der Waals surface area contributed by atoms with Crippen LogP contribution < -0.4 is 83.6 Å². The highest BCUT2D eigenvalue weighted by molar-refractivity contribution is 6.32. The number of amides is 9. The summed E-state index contributed by atoms with van der Waals surface area (Å²) in [5.41, 5.74) is 9.01. The summed E-state index contributed by atoms with van der Waals surface area (Å²) in [6, 6.07) is 10.1. The molecule has 0 aliphatic carbocycles. The number of benzene rings is 7. The highest BCUT2D eigenvalue weighted by Gasteiger charge is 2.54. The van der Waals surface area contributed by atoms with Crippen LogP contribution in [0.5, 0.6) is 51.7 Å². The summed E-state index contributed by atoms with van der Waals surface area (Å²) in [7, 11) is 5.01. The Morgan fingerprint density at radius 2 is 1.32 bits per heavy atom. The van der Waals surface area contributed by atoms with Crippen molar-refractivity contribution in [3.05, 3.63) is 176 Å². The van der Waals surface area contributed by atoms with Gasteiger partial charge in [-0.3, -0.25) is 43.2 Å². The smallest absolute Gasteiger partial charge is 0.508 e. The van der Waals surface area contributed by atoms with E-state index in [0.717, 1.165) is 72.8 Å². The zero-order valence-corrected chi connectivity index (χ0v) is 77.0. The summed E-state index contributed by atoms with van der Waals surface area (Å²) in [4.78, 5) is 138. The minimum atomic E-state index is -5.03. The zero-order chi connectivity index (χ0) is 101. The van der Waals surface area contributed by atoms with Gasteiger partial charge < -0.3 is 168 Å². The maximum Gasteiger partial charge on any atom is 0.573 e. The number of aromatic hydroxyl groups is 3. The van der Waals surface area contributed by atoms with Crippen molar-refractivity contribution in [3.8, 4) is 62.9 Å². The third-order valence-electron chi connectivity index (χ3n) is 24.0. The van der Waals surface area contributed by atoms with Gasteiger partial charge in [0.05, 0.1) is 41.3 Å². The zero-order valence-electron chi connectivity index (χ0n) is 75.5. The lowest BCUT2D eigenvalue weighted by Gasteiger charge is -2.46. The number of likely N-dealkylation sites (N-methyl/N-ethyl adjacent to an activating group) is 1. The first kappa shape index (κ1) is 104. The fourth-order valence-corrected chi connectivity index (χ4v) is 17.3. The average molecular weight is 1990 g/mol. The molecule has 750 valence electrons. The highest BCUT2D eigenvalue weighted by Crippen LogP contribution is 2.51. The molecule has 4 unspecified atom stereocenters. The first-order chi connectivity index (χ1) is 65.7. The van der Waals surface area contributed by atoms with Crippen molar-refractivity contribution in [2.75, 3.05) is 52.7 Å². The fourth-order valence-electron chi connectivity index (χ4n) is 16.9. The number of aliphatic hydroxyl groups is 8. The van der Waals surface area contributed by atoms with E-state index in [9.17, 15) is 83.7 Å². The van der Waals surface area contributed by atoms with Gasteiger partial charge in [-0.05, 0) is 179 Å². The predicted molar refractivity (Wildman–Crippen MR) is 483 cm³/mol. The standard InChI is InChI=1S/C92H108Cl2F3N13O29/c1-38(2)23-53(100-5)82(124)108-69-71(116)42-16-19-57(51(93)27-42)132-59-29-45-30-60(78(59)137-90-76(121)74(119)79(62(37-111)135-90)138-89-75(120)73(118)72(117)61(134-89)36-101-35-40-11-8-13-46(24-40)103-81(123)44-12-9-14-48(25-44)139-92(95,96)97)133-58-20-17-43(28-52(58)94)77(136-64-34-91(4,99)80(122)39(3)131-64)70-88(130)107-68(84(126)102-21-10-22-110(6)7)50-31-47(112)32-56(114)65(50)49-26-41(15-18-55(49)113)66(85(127)109-70)106-86(128)67(45)105-83(125)54(33-63(98)115)104-87(69)129/h8-9,11-20,24-32,38-39,53-54,61-62,64,66-77,79-80,89-90,100-101,111-114,116-122H,10,21-23,33-37,99H2,1-7H3,(H2,98,115)(H,102,126)(H,103,123)(H,104,129)(H,105,125)(H,106,128)(H,107,130)(H,108,124)(H,109,127)/t39-,53+,54?,61+,62+,64-,66?,67+,68?,69?,70-,71+,72-,73-,74+,75+,76+,77+,79+,80-,89-,90-,91-/m0/s1. The van der Waals surface area contributed by atoms with Crippen LogP contribution in [0.4, 0.5) is 18.9 Å². The molecule has 23 atom stereocenters. The molecular weight excluding hydrogens is 1880 g/mol. The molecule has 7 aromatic carbocycles. The lowest BCUT2D eigenvalue weighted by atomic mass is 9.86. The molecule has 15 rings (SSSR count). The van der Waals surface area contributed by atoms with E-state index >= 15 is 28.8 Å². The first-order valence-electron chi connectivity index (χ1n) is 44.0. The van der Waals surface area contributed by atoms with Gasteiger partial charge in [0.1, 0.15) is 132 Å². The third kappa shape index (κ3) is 24.7. The maximum absolute atomic E-state index is 16.6. The summed E-state index contributed by atoms with van der Waals surface area (Å²) in [5, 5.41) is 156. The van der Waals surface area contributed by atoms with Crippen molar-refractivity contribution >= 4 is 82.1 Å². The molecule has 47 heteroatoms. The molecule has 0 aromatic heterocycles. The molecule has 139 heavy (non-hydrogen) atoms. The molecule has 7 aromatic rings. The van der Waals surface area contributed by atoms with E-state index in [-0.39, 0.29) is 71.9 Å². The van der Waals surface area contributed by atoms with Crippen LogP contribution in [0.3, 0.4) is 0 Å². The maximum atomic E-state index is 16.6. The number of hydrogen-bond donors (Lipinski definition) is 23. The topological polar surface area (TPSA) is 635 Å². The van der Waals surface area contributed by atoms with Gasteiger partial charge in [-0.1, -0.05) is 73.4 Å². The minimum Gasteiger partial charge on any atom is -0.508 e. The summed E-state index contributed by atoms with van der Waals surface area (Å²) in [6.45, 7) is 5.36. The molecule has 42 nitrogen and oxygen atoms in total. The Bertz CT molecular complexity index is 5720. The third-order valence-corrected chi connectivity index (χ3v) is 24.6. The number of fused-ring (bicyclic) bond motifs is 15. The Morgan fingerprint density at radius 3 is 1.98 bits per heavy atom. The molecule has 0 saturated carbocycles. The van der Waals surface area contributed by atoms with Crippen LogP contribution in [-0.4, -0.2) is 278 Å². The van der Waals surface area contributed by atoms with Crippen molar-refractivity contribution in [3.63, 3.8) is 0 Å². The monoisotopic (exact) mass is 1990 g/mol. The number of primary amides is 1. The molecule has 8 heterocycles. The van der Waals surface area contributed by atoms with Crippen LogP contribution in [0.2, 0.25) is 10.0 Å². The average Bonchev–Trinajstić information content (AvgIpc) is 0.760. The van der Waals surface area contributed by atoms with Gasteiger partial charge in [-0.15, -0.1) is 13.2 Å². The van der Waals surface area contributed by atoms with E-state index in [4.69, 9.17) is 72.6 Å². The second-order valence-electron chi connectivity index (χ2n) is 35.3. The molecule has 0 radical (unpaired) electrons. The van der Waals surface area contributed by atoms with Crippen LogP contribution in [0.25, 0.3) is 11.1 Å². The Hall–Kier alpha value is -11.9. The number of nitrogens with two attached hydrogens (primary N) is 2. The van der Waals surface area contributed by atoms with Gasteiger partial charge in [0.2, 0.25) is 59.3 Å². The summed E-state index contributed by atoms with van der Waals surface area (Å²) < 4.78 is 94.6. The van der Waals surface area contributed by atoms with E-state index in [1.54, 1.807) is 40.1 Å². The lowest BCUT2D eigenvalue weighted by Crippen LogP contribution is -2.65. The summed E-state index contributed by atoms with van der Waals surface area (Å²) >= 11 is 14.6. The first-order valence-corrected chi connectivity index (χ1v) is 44.8. The van der Waals surface area contributed by atoms with Crippen LogP contribution >= 0.6 is 23.2 Å². The molecule has 9 amide bonds. The van der Waals surface area contributed by atoms with Crippen molar-refractivity contribution in [2.24, 2.45) is 17.4 Å². The number of rotatable bonds is 26. The molecule has 3 fully saturated rings. The fraction of sp³-hybridized carbons (Fsp3) is 0.446. The highest BCUT2D eigenvalue weighted by atomic mass is 35.5. The lowest BCUT2D eigenvalue weighted by molar-refractivity contribution is -0.350. The molecule has 25 N–H and O–H groups in total. The molecule has 8 aliphatic heterocycles. The van der Waals surface area contributed by atoms with Crippen LogP contribution in [-0.2, 0) is 68.6 Å². The molecule has 8 aliphatic rings. The number of ether oxygens (including phenoxy) is 9. The SMILES string of the molecule is CN[C@H](CC(C)C)C(=O)NC1C(=O)NC(CC(N)=O)C(=O)N[C@H]2C(=O)NC3C(=O)N[C@H](C(=O)NC(C(=O)NCCCN(C)C)c4cc(O)cc(O)c4-c4cc3ccc4O)[C@H](O[C@H]3C[C@](C)(N)[C@@H](O)[C@H](C)O3)c3ccc(c(Cl)c3)Oc3cc2cc(c3O[C@@H]2O[C@H](CO)[C@@H](O[C@@H]3O[C@H](CNCc4cccc(NC(=O)c5cccc(OC(F)(F)F)c5)c4)[C@H](O)[C@H](O)[C@H]3O)[C@H](O)[C@H]2O)Oc2ccc(cc2Cl)[C@H]1O. The number of carbonyl (C=O) groups excluding carboxylic acids is 9. The number of aliphatic hydroxyl groups excluding tert-OH is 8. The van der Waals surface area contributed by atoms with Gasteiger partial charge in [0.15, 0.2) is 24.1 Å². The summed E-state index contributed by atoms with van der Waals surface area (Å²) in [5.74, 6) is -17.1. The van der Waals surface area contributed by atoms with Gasteiger partial charge in [-0.2, -0.15) is 0 Å². The van der Waals surface area contributed by atoms with Crippen LogP contribution in [0, 0.1) is 5.92 Å². The number of halogens is 5. The Morgan fingerprint density at radius 1 is 0.676 bits per heavy atom. The number of phenolic OH excluding ortho intramolecular Hbond substituents is 3. The number of anilines is 1. The van der Waals surface area contributed by atoms with Crippen molar-refractivity contribution < 1.29 is 155 Å². The Labute approximate surface area is 801 Å². The normalized spacial score (nSPS) is 28.0. The molecule has 0 spiro atoms. The molecule has 11 bridgehead atoms. The molecular formula is C92H108Cl2F3N13O29. The van der Waals surface area contributed by atoms with Gasteiger partial charge in [0, 0.05) is 60.0 Å². The quantitative estimate of drug-likeness (QED) is 0.0344. The van der Waals surface area contributed by atoms with Crippen LogP contribution in [0.1, 0.15) is 127 Å². The van der Waals surface area contributed by atoms with Crippen molar-refractivity contribution in [2.45, 2.75) is 206 Å². The summed E-state index contributed by atoms with van der Waals surface area (Å²) in [6.07, 6.45) is -34.8. The van der Waals surface area contributed by atoms with E-state index in [1.165, 1.54) is 63.4 Å². The van der Waals surface area contributed by atoms with Gasteiger partial charge >= 0.3 is 6.36 Å². The van der Waals surface area contributed by atoms with Crippen molar-refractivity contribution in [1.29, 1.82) is 0 Å². The minimum absolute atomic E-state index is 0.0503. The Balaban J connectivity index is 0.938. The number of nitrogens with one attached hydrogen (secondary N) is 10. The number of hydrogen-bond acceptors (Lipinski definition) is 33. The second-order valence-corrected chi connectivity index (χ2v) is 36.1. The van der Waals surface area contributed by atoms with Gasteiger partial charge in [0.25, 0.3) is 5.91 Å². The number of carbonyl (C=O) groups is 9. The predicted octanol–water partition coefficient (Wildman–Crippen LogP) is 1.86. The van der Waals surface area contributed by atoms with Gasteiger partial charge in [-0.25, -0.2) is 0 Å². The van der Waals surface area contributed by atoms with Crippen LogP contribution in [0.15, 0.2) is 127 Å². The Kier molecular flexibility index (Phi) is 33.2. The second kappa shape index (κ2) is 44.3. The number of phenols is 3. The molecule has 3 saturated heterocycles. The largest absolute Gasteiger partial charge is 0.573 e.